The summed E-state index contributed by atoms with van der Waals surface area (Å²) in [5, 5.41) is 7.09. The molecule has 168 valence electrons. The summed E-state index contributed by atoms with van der Waals surface area (Å²) in [7, 11) is 0. The van der Waals surface area contributed by atoms with Gasteiger partial charge >= 0.3 is 0 Å². The predicted molar refractivity (Wildman–Crippen MR) is 132 cm³/mol. The average Bonchev–Trinajstić information content (AvgIpc) is 3.36. The molecule has 4 aromatic rings. The first-order valence-electron chi connectivity index (χ1n) is 11.1. The minimum atomic E-state index is -0.179. The number of rotatable bonds is 5. The van der Waals surface area contributed by atoms with Crippen molar-refractivity contribution in [3.05, 3.63) is 76.9 Å². The van der Waals surface area contributed by atoms with E-state index in [0.717, 1.165) is 30.0 Å². The van der Waals surface area contributed by atoms with Gasteiger partial charge in [0.15, 0.2) is 11.5 Å². The maximum atomic E-state index is 13.1. The predicted octanol–water partition coefficient (Wildman–Crippen LogP) is 4.17. The van der Waals surface area contributed by atoms with E-state index in [9.17, 15) is 4.79 Å². The van der Waals surface area contributed by atoms with E-state index in [4.69, 9.17) is 9.97 Å². The largest absolute Gasteiger partial charge is 0.384 e. The fourth-order valence-corrected chi connectivity index (χ4v) is 4.07. The molecule has 0 fully saturated rings. The lowest BCUT2D eigenvalue weighted by Crippen LogP contribution is -2.23. The minimum absolute atomic E-state index is 0.133. The summed E-state index contributed by atoms with van der Waals surface area (Å²) in [5.74, 6) is 1.04. The Morgan fingerprint density at radius 2 is 2.06 bits per heavy atom. The van der Waals surface area contributed by atoms with Gasteiger partial charge in [-0.25, -0.2) is 19.3 Å². The van der Waals surface area contributed by atoms with Crippen molar-refractivity contribution in [3.8, 4) is 5.82 Å². The third-order valence-corrected chi connectivity index (χ3v) is 5.77. The molecular weight excluding hydrogens is 414 g/mol. The van der Waals surface area contributed by atoms with Crippen molar-refractivity contribution in [1.82, 2.24) is 24.3 Å². The molecule has 0 atom stereocenters. The summed E-state index contributed by atoms with van der Waals surface area (Å²) in [6.07, 6.45) is 4.29. The molecule has 0 unspecified atom stereocenters. The van der Waals surface area contributed by atoms with Gasteiger partial charge < -0.3 is 10.6 Å². The zero-order valence-electron chi connectivity index (χ0n) is 19.1. The molecule has 1 aromatic carbocycles. The van der Waals surface area contributed by atoms with Crippen LogP contribution < -0.4 is 16.2 Å². The summed E-state index contributed by atoms with van der Waals surface area (Å²) in [4.78, 5) is 27.1. The number of nitrogens with one attached hydrogen (secondary N) is 2. The molecular formula is C25H27N7O. The van der Waals surface area contributed by atoms with Gasteiger partial charge in [0.1, 0.15) is 5.39 Å². The molecule has 0 aliphatic carbocycles. The molecule has 5 rings (SSSR count). The van der Waals surface area contributed by atoms with Gasteiger partial charge in [0, 0.05) is 35.2 Å². The Morgan fingerprint density at radius 1 is 1.21 bits per heavy atom. The lowest BCUT2D eigenvalue weighted by atomic mass is 9.92. The van der Waals surface area contributed by atoms with Gasteiger partial charge in [0.25, 0.3) is 5.56 Å². The molecule has 8 heteroatoms. The number of hydrogen-bond donors (Lipinski definition) is 2. The Hall–Kier alpha value is -3.94. The van der Waals surface area contributed by atoms with Crippen LogP contribution in [0, 0.1) is 0 Å². The normalized spacial score (nSPS) is 13.1. The number of aromatic nitrogens is 5. The molecule has 0 radical (unpaired) electrons. The van der Waals surface area contributed by atoms with Crippen molar-refractivity contribution in [2.45, 2.75) is 39.2 Å². The maximum absolute atomic E-state index is 13.1. The molecule has 0 bridgehead atoms. The van der Waals surface area contributed by atoms with E-state index in [0.29, 0.717) is 29.3 Å². The van der Waals surface area contributed by atoms with Gasteiger partial charge in [-0.15, -0.1) is 6.58 Å². The zero-order chi connectivity index (χ0) is 23.2. The van der Waals surface area contributed by atoms with E-state index in [2.05, 4.69) is 55.1 Å². The van der Waals surface area contributed by atoms with Crippen molar-refractivity contribution in [1.29, 1.82) is 0 Å². The number of fused-ring (bicyclic) bond motifs is 2. The molecule has 33 heavy (non-hydrogen) atoms. The van der Waals surface area contributed by atoms with E-state index < -0.39 is 0 Å². The molecule has 1 aliphatic heterocycles. The van der Waals surface area contributed by atoms with Crippen LogP contribution >= 0.6 is 0 Å². The number of nitrogens with zero attached hydrogens (tertiary/aromatic N) is 5. The third kappa shape index (κ3) is 3.77. The van der Waals surface area contributed by atoms with Crippen LogP contribution in [-0.2, 0) is 18.4 Å². The van der Waals surface area contributed by atoms with Gasteiger partial charge in [-0.2, -0.15) is 4.98 Å². The van der Waals surface area contributed by atoms with Gasteiger partial charge in [0.05, 0.1) is 6.54 Å². The van der Waals surface area contributed by atoms with Crippen LogP contribution in [0.5, 0.6) is 0 Å². The van der Waals surface area contributed by atoms with Gasteiger partial charge in [-0.05, 0) is 36.2 Å². The second kappa shape index (κ2) is 7.88. The molecule has 0 amide bonds. The summed E-state index contributed by atoms with van der Waals surface area (Å²) in [5.41, 5.74) is 4.42. The number of hydrogen-bond acceptors (Lipinski definition) is 6. The zero-order valence-corrected chi connectivity index (χ0v) is 19.1. The maximum Gasteiger partial charge on any atom is 0.278 e. The van der Waals surface area contributed by atoms with Crippen molar-refractivity contribution < 1.29 is 0 Å². The Labute approximate surface area is 192 Å². The summed E-state index contributed by atoms with van der Waals surface area (Å²) in [6, 6.07) is 12.0. The number of benzene rings is 1. The van der Waals surface area contributed by atoms with Crippen molar-refractivity contribution >= 4 is 28.4 Å². The molecule has 0 saturated carbocycles. The fraction of sp³-hybridized carbons (Fsp3) is 0.280. The first-order valence-corrected chi connectivity index (χ1v) is 11.1. The van der Waals surface area contributed by atoms with Crippen LogP contribution in [0.2, 0.25) is 0 Å². The van der Waals surface area contributed by atoms with Crippen LogP contribution in [0.1, 0.15) is 32.0 Å². The Kier molecular flexibility index (Phi) is 5.00. The minimum Gasteiger partial charge on any atom is -0.384 e. The Balaban J connectivity index is 1.64. The van der Waals surface area contributed by atoms with Crippen LogP contribution in [0.15, 0.2) is 60.0 Å². The molecule has 2 N–H and O–H groups in total. The van der Waals surface area contributed by atoms with Crippen molar-refractivity contribution in [2.75, 3.05) is 17.2 Å². The second-order valence-electron chi connectivity index (χ2n) is 9.22. The van der Waals surface area contributed by atoms with Gasteiger partial charge in [0.2, 0.25) is 5.95 Å². The van der Waals surface area contributed by atoms with Gasteiger partial charge in [-0.3, -0.25) is 4.79 Å². The smallest absolute Gasteiger partial charge is 0.278 e. The topological polar surface area (TPSA) is 89.7 Å². The van der Waals surface area contributed by atoms with E-state index in [1.165, 1.54) is 5.56 Å². The summed E-state index contributed by atoms with van der Waals surface area (Å²) < 4.78 is 3.34. The van der Waals surface area contributed by atoms with Gasteiger partial charge in [-0.1, -0.05) is 39.0 Å². The highest BCUT2D eigenvalue weighted by molar-refractivity contribution is 5.77. The average molecular weight is 442 g/mol. The first kappa shape index (κ1) is 20.9. The van der Waals surface area contributed by atoms with E-state index >= 15 is 0 Å². The lowest BCUT2D eigenvalue weighted by molar-refractivity contribution is 0.554. The number of pyridine rings is 1. The molecule has 0 saturated heterocycles. The highest BCUT2D eigenvalue weighted by Gasteiger charge is 2.21. The highest BCUT2D eigenvalue weighted by atomic mass is 16.1. The van der Waals surface area contributed by atoms with E-state index in [1.807, 2.05) is 24.3 Å². The van der Waals surface area contributed by atoms with Crippen molar-refractivity contribution in [3.63, 3.8) is 0 Å². The van der Waals surface area contributed by atoms with E-state index in [1.54, 1.807) is 21.6 Å². The third-order valence-electron chi connectivity index (χ3n) is 5.77. The highest BCUT2D eigenvalue weighted by Crippen LogP contribution is 2.27. The lowest BCUT2D eigenvalue weighted by Gasteiger charge is -2.19. The molecule has 8 nitrogen and oxygen atoms in total. The van der Waals surface area contributed by atoms with E-state index in [-0.39, 0.29) is 11.0 Å². The Morgan fingerprint density at radius 3 is 2.85 bits per heavy atom. The number of anilines is 3. The first-order chi connectivity index (χ1) is 15.8. The summed E-state index contributed by atoms with van der Waals surface area (Å²) in [6.45, 7) is 11.4. The fourth-order valence-electron chi connectivity index (χ4n) is 4.07. The number of allylic oxidation sites excluding steroid dienone is 1. The molecule has 3 aromatic heterocycles. The monoisotopic (exact) mass is 441 g/mol. The quantitative estimate of drug-likeness (QED) is 0.452. The molecule has 0 spiro atoms. The van der Waals surface area contributed by atoms with Crippen LogP contribution in [0.4, 0.5) is 17.3 Å². The molecule has 1 aliphatic rings. The summed E-state index contributed by atoms with van der Waals surface area (Å²) >= 11 is 0. The SMILES string of the molecule is C=CCn1c(=O)c2cnc(Nc3ccc4c(c3)NCC4)nc2n1-c1cccc(C(C)(C)C)n1. The van der Waals surface area contributed by atoms with Crippen LogP contribution in [0.3, 0.4) is 0 Å². The van der Waals surface area contributed by atoms with Crippen molar-refractivity contribution in [2.24, 2.45) is 0 Å². The molecule has 4 heterocycles. The second-order valence-corrected chi connectivity index (χ2v) is 9.22. The standard InChI is InChI=1S/C25H27N7O/c1-5-13-31-23(33)18-15-27-24(28-17-10-9-16-11-12-26-19(16)14-17)30-22(18)32(31)21-8-6-7-20(29-21)25(2,3)4/h5-10,14-15,26H,1,11-13H2,2-4H3,(H,27,28,30). The van der Waals surface area contributed by atoms with Crippen LogP contribution in [-0.4, -0.2) is 30.9 Å². The van der Waals surface area contributed by atoms with Crippen LogP contribution in [0.25, 0.3) is 16.9 Å². The Bertz CT molecular complexity index is 1430.